The lowest BCUT2D eigenvalue weighted by Gasteiger charge is -2.30. The number of likely N-dealkylation sites (N-methyl/N-ethyl adjacent to an activating group) is 1. The molecule has 0 N–H and O–H groups in total. The van der Waals surface area contributed by atoms with Crippen LogP contribution in [0.4, 0.5) is 0 Å². The van der Waals surface area contributed by atoms with Crippen molar-refractivity contribution in [1.82, 2.24) is 14.5 Å². The number of amides is 1. The minimum atomic E-state index is -0.478. The Bertz CT molecular complexity index is 1420. The molecule has 1 unspecified atom stereocenters. The maximum Gasteiger partial charge on any atom is 0.266 e. The second-order valence-electron chi connectivity index (χ2n) is 7.90. The van der Waals surface area contributed by atoms with Gasteiger partial charge in [-0.15, -0.1) is 11.3 Å². The average molecular weight is 556 g/mol. The van der Waals surface area contributed by atoms with E-state index in [4.69, 9.17) is 14.5 Å². The molecule has 4 rings (SSSR count). The molecule has 0 aliphatic carbocycles. The number of aromatic nitrogens is 2. The zero-order valence-electron chi connectivity index (χ0n) is 19.9. The van der Waals surface area contributed by atoms with E-state index in [1.54, 1.807) is 53.2 Å². The highest BCUT2D eigenvalue weighted by molar-refractivity contribution is 9.10. The van der Waals surface area contributed by atoms with Crippen molar-refractivity contribution in [1.29, 1.82) is 0 Å². The van der Waals surface area contributed by atoms with E-state index < -0.39 is 6.04 Å². The first-order chi connectivity index (χ1) is 16.9. The molecule has 182 valence electrons. The summed E-state index contributed by atoms with van der Waals surface area (Å²) in [5.41, 5.74) is 0.853. The lowest BCUT2D eigenvalue weighted by atomic mass is 10.1. The second-order valence-corrected chi connectivity index (χ2v) is 9.73. The van der Waals surface area contributed by atoms with Gasteiger partial charge >= 0.3 is 0 Å². The van der Waals surface area contributed by atoms with Crippen molar-refractivity contribution in [3.8, 4) is 17.2 Å². The minimum absolute atomic E-state index is 0.0290. The van der Waals surface area contributed by atoms with E-state index >= 15 is 0 Å². The zero-order chi connectivity index (χ0) is 25.1. The molecule has 0 bridgehead atoms. The van der Waals surface area contributed by atoms with Crippen LogP contribution in [0.2, 0.25) is 0 Å². The summed E-state index contributed by atoms with van der Waals surface area (Å²) in [5.74, 6) is 1.46. The van der Waals surface area contributed by atoms with Crippen LogP contribution >= 0.6 is 27.3 Å². The van der Waals surface area contributed by atoms with Gasteiger partial charge in [-0.1, -0.05) is 18.2 Å². The van der Waals surface area contributed by atoms with E-state index in [0.29, 0.717) is 51.4 Å². The van der Waals surface area contributed by atoms with Crippen LogP contribution in [0.3, 0.4) is 0 Å². The highest BCUT2D eigenvalue weighted by Crippen LogP contribution is 2.37. The van der Waals surface area contributed by atoms with E-state index in [0.717, 1.165) is 4.88 Å². The van der Waals surface area contributed by atoms with Gasteiger partial charge < -0.3 is 14.4 Å². The SMILES string of the molecule is CCN(C(=O)Cc1cccs1)C(C)c1nc2ccccc2c(=O)n1-c1cc(OC)cc(OC)c1Br. The van der Waals surface area contributed by atoms with Crippen LogP contribution in [0.15, 0.2) is 63.2 Å². The number of benzene rings is 2. The molecule has 1 atom stereocenters. The first kappa shape index (κ1) is 24.9. The summed E-state index contributed by atoms with van der Waals surface area (Å²) in [6, 6.07) is 14.1. The number of methoxy groups -OCH3 is 2. The fourth-order valence-electron chi connectivity index (χ4n) is 4.12. The van der Waals surface area contributed by atoms with Crippen LogP contribution in [-0.2, 0) is 11.2 Å². The number of carbonyl (C=O) groups is 1. The number of thiophene rings is 1. The van der Waals surface area contributed by atoms with Gasteiger partial charge in [-0.3, -0.25) is 14.2 Å². The van der Waals surface area contributed by atoms with Gasteiger partial charge in [-0.25, -0.2) is 4.98 Å². The molecule has 0 aliphatic rings. The highest BCUT2D eigenvalue weighted by atomic mass is 79.9. The summed E-state index contributed by atoms with van der Waals surface area (Å²) in [6.45, 7) is 4.29. The van der Waals surface area contributed by atoms with Gasteiger partial charge in [0.25, 0.3) is 5.56 Å². The molecule has 0 saturated carbocycles. The summed E-state index contributed by atoms with van der Waals surface area (Å²) >= 11 is 5.15. The van der Waals surface area contributed by atoms with E-state index in [2.05, 4.69) is 15.9 Å². The summed E-state index contributed by atoms with van der Waals surface area (Å²) < 4.78 is 13.1. The maximum absolute atomic E-state index is 13.9. The molecular formula is C26H26BrN3O4S. The Hall–Kier alpha value is -3.17. The van der Waals surface area contributed by atoms with Gasteiger partial charge in [0, 0.05) is 23.6 Å². The number of fused-ring (bicyclic) bond motifs is 1. The number of hydrogen-bond donors (Lipinski definition) is 0. The van der Waals surface area contributed by atoms with Crippen LogP contribution < -0.4 is 15.0 Å². The van der Waals surface area contributed by atoms with Crippen LogP contribution in [0.25, 0.3) is 16.6 Å². The number of hydrogen-bond acceptors (Lipinski definition) is 6. The van der Waals surface area contributed by atoms with Crippen molar-refractivity contribution in [3.63, 3.8) is 0 Å². The summed E-state index contributed by atoms with van der Waals surface area (Å²) in [4.78, 5) is 34.8. The lowest BCUT2D eigenvalue weighted by molar-refractivity contribution is -0.132. The molecule has 35 heavy (non-hydrogen) atoms. The van der Waals surface area contributed by atoms with Crippen molar-refractivity contribution in [3.05, 3.63) is 79.4 Å². The normalized spacial score (nSPS) is 11.9. The molecule has 1 amide bonds. The van der Waals surface area contributed by atoms with E-state index in [9.17, 15) is 9.59 Å². The van der Waals surface area contributed by atoms with E-state index in [1.807, 2.05) is 49.6 Å². The number of ether oxygens (including phenoxy) is 2. The number of halogens is 1. The number of para-hydroxylation sites is 1. The van der Waals surface area contributed by atoms with Crippen molar-refractivity contribution < 1.29 is 14.3 Å². The van der Waals surface area contributed by atoms with Crippen molar-refractivity contribution in [2.24, 2.45) is 0 Å². The Morgan fingerprint density at radius 1 is 1.17 bits per heavy atom. The van der Waals surface area contributed by atoms with Gasteiger partial charge in [-0.05, 0) is 53.4 Å². The Balaban J connectivity index is 1.94. The first-order valence-electron chi connectivity index (χ1n) is 11.1. The van der Waals surface area contributed by atoms with Gasteiger partial charge in [0.05, 0.1) is 47.7 Å². The topological polar surface area (TPSA) is 73.7 Å². The van der Waals surface area contributed by atoms with Crippen LogP contribution in [0.5, 0.6) is 11.5 Å². The van der Waals surface area contributed by atoms with Crippen LogP contribution in [0.1, 0.15) is 30.6 Å². The standard InChI is InChI=1S/C26H26BrN3O4S/c1-5-29(23(31)15-18-9-8-12-35-18)16(2)25-28-20-11-7-6-10-19(20)26(32)30(25)21-13-17(33-3)14-22(34-4)24(21)27/h6-14,16H,5,15H2,1-4H3. The molecule has 9 heteroatoms. The molecule has 2 aromatic carbocycles. The van der Waals surface area contributed by atoms with Gasteiger partial charge in [0.1, 0.15) is 17.3 Å². The maximum atomic E-state index is 13.9. The number of rotatable bonds is 8. The van der Waals surface area contributed by atoms with E-state index in [1.165, 1.54) is 0 Å². The predicted octanol–water partition coefficient (Wildman–Crippen LogP) is 5.38. The predicted molar refractivity (Wildman–Crippen MR) is 142 cm³/mol. The monoisotopic (exact) mass is 555 g/mol. The quantitative estimate of drug-likeness (QED) is 0.292. The Kier molecular flexibility index (Phi) is 7.57. The Morgan fingerprint density at radius 3 is 2.60 bits per heavy atom. The highest BCUT2D eigenvalue weighted by Gasteiger charge is 2.27. The third kappa shape index (κ3) is 4.83. The molecule has 0 radical (unpaired) electrons. The molecule has 4 aromatic rings. The van der Waals surface area contributed by atoms with Crippen molar-refractivity contribution in [2.75, 3.05) is 20.8 Å². The molecule has 2 heterocycles. The van der Waals surface area contributed by atoms with Gasteiger partial charge in [0.2, 0.25) is 5.91 Å². The lowest BCUT2D eigenvalue weighted by Crippen LogP contribution is -2.38. The fraction of sp³-hybridized carbons (Fsp3) is 0.269. The molecule has 0 spiro atoms. The third-order valence-corrected chi connectivity index (χ3v) is 7.57. The Morgan fingerprint density at radius 2 is 1.94 bits per heavy atom. The summed E-state index contributed by atoms with van der Waals surface area (Å²) in [5, 5.41) is 2.43. The largest absolute Gasteiger partial charge is 0.497 e. The summed E-state index contributed by atoms with van der Waals surface area (Å²) in [6.07, 6.45) is 0.296. The smallest absolute Gasteiger partial charge is 0.266 e. The minimum Gasteiger partial charge on any atom is -0.497 e. The van der Waals surface area contributed by atoms with Crippen LogP contribution in [-0.4, -0.2) is 41.1 Å². The van der Waals surface area contributed by atoms with E-state index in [-0.39, 0.29) is 11.5 Å². The molecule has 7 nitrogen and oxygen atoms in total. The van der Waals surface area contributed by atoms with Crippen molar-refractivity contribution in [2.45, 2.75) is 26.3 Å². The molecule has 2 aromatic heterocycles. The van der Waals surface area contributed by atoms with Gasteiger partial charge in [0.15, 0.2) is 0 Å². The first-order valence-corrected chi connectivity index (χ1v) is 12.8. The number of carbonyl (C=O) groups excluding carboxylic acids is 1. The summed E-state index contributed by atoms with van der Waals surface area (Å²) in [7, 11) is 3.11. The van der Waals surface area contributed by atoms with Crippen LogP contribution in [0, 0.1) is 0 Å². The average Bonchev–Trinajstić information content (AvgIpc) is 3.38. The number of nitrogens with zero attached hydrogens (tertiary/aromatic N) is 3. The third-order valence-electron chi connectivity index (χ3n) is 5.90. The van der Waals surface area contributed by atoms with Crippen molar-refractivity contribution >= 4 is 44.1 Å². The zero-order valence-corrected chi connectivity index (χ0v) is 22.4. The second kappa shape index (κ2) is 10.6. The van der Waals surface area contributed by atoms with Gasteiger partial charge in [-0.2, -0.15) is 0 Å². The molecule has 0 saturated heterocycles. The molecule has 0 aliphatic heterocycles. The molecule has 0 fully saturated rings. The fourth-order valence-corrected chi connectivity index (χ4v) is 5.38. The molecular weight excluding hydrogens is 530 g/mol. The Labute approximate surface area is 216 Å².